The summed E-state index contributed by atoms with van der Waals surface area (Å²) in [7, 11) is 1.54. The van der Waals surface area contributed by atoms with E-state index in [1.807, 2.05) is 30.3 Å². The number of carbonyl (C=O) groups is 2. The monoisotopic (exact) mass is 504 g/mol. The van der Waals surface area contributed by atoms with Crippen molar-refractivity contribution in [3.63, 3.8) is 0 Å². The van der Waals surface area contributed by atoms with E-state index in [1.54, 1.807) is 51.3 Å². The smallest absolute Gasteiger partial charge is 0.311 e. The molecule has 192 valence electrons. The van der Waals surface area contributed by atoms with Crippen LogP contribution in [0.25, 0.3) is 0 Å². The van der Waals surface area contributed by atoms with Crippen LogP contribution in [0.15, 0.2) is 77.9 Å². The molecule has 0 aliphatic rings. The van der Waals surface area contributed by atoms with Crippen molar-refractivity contribution >= 4 is 29.4 Å². The van der Waals surface area contributed by atoms with Gasteiger partial charge in [0.2, 0.25) is 5.91 Å². The summed E-state index contributed by atoms with van der Waals surface area (Å²) in [5.74, 6) is -1.65. The van der Waals surface area contributed by atoms with Gasteiger partial charge in [0, 0.05) is 17.3 Å². The van der Waals surface area contributed by atoms with Gasteiger partial charge in [0.1, 0.15) is 18.3 Å². The molecule has 0 aromatic heterocycles. The number of hydrazone groups is 1. The first-order valence-corrected chi connectivity index (χ1v) is 11.5. The Morgan fingerprint density at radius 1 is 1.03 bits per heavy atom. The van der Waals surface area contributed by atoms with Crippen LogP contribution in [0.2, 0.25) is 0 Å². The second kappa shape index (κ2) is 12.8. The first-order valence-electron chi connectivity index (χ1n) is 11.5. The lowest BCUT2D eigenvalue weighted by molar-refractivity contribution is -0.385. The summed E-state index contributed by atoms with van der Waals surface area (Å²) < 4.78 is 10.7. The van der Waals surface area contributed by atoms with Crippen molar-refractivity contribution in [3.05, 3.63) is 94.0 Å². The van der Waals surface area contributed by atoms with Crippen molar-refractivity contribution in [2.24, 2.45) is 16.9 Å². The summed E-state index contributed by atoms with van der Waals surface area (Å²) in [5, 5.41) is 18.2. The molecule has 0 radical (unpaired) electrons. The summed E-state index contributed by atoms with van der Waals surface area (Å²) in [6.07, 6.45) is 1.27. The van der Waals surface area contributed by atoms with Gasteiger partial charge < -0.3 is 14.8 Å². The van der Waals surface area contributed by atoms with Crippen LogP contribution in [-0.4, -0.2) is 30.1 Å². The highest BCUT2D eigenvalue weighted by molar-refractivity contribution is 6.06. The maximum absolute atomic E-state index is 12.8. The molecule has 2 amide bonds. The van der Waals surface area contributed by atoms with E-state index in [0.29, 0.717) is 17.0 Å². The Balaban J connectivity index is 1.64. The molecule has 0 aliphatic carbocycles. The molecule has 3 aromatic carbocycles. The van der Waals surface area contributed by atoms with Crippen molar-refractivity contribution < 1.29 is 24.0 Å². The van der Waals surface area contributed by atoms with Gasteiger partial charge in [-0.3, -0.25) is 19.7 Å². The summed E-state index contributed by atoms with van der Waals surface area (Å²) in [6, 6.07) is 20.4. The van der Waals surface area contributed by atoms with Gasteiger partial charge in [-0.05, 0) is 47.9 Å². The second-order valence-corrected chi connectivity index (χ2v) is 8.43. The van der Waals surface area contributed by atoms with Crippen molar-refractivity contribution in [1.82, 2.24) is 5.43 Å². The highest BCUT2D eigenvalue weighted by Crippen LogP contribution is 2.28. The van der Waals surface area contributed by atoms with E-state index in [0.717, 1.165) is 5.56 Å². The predicted octanol–water partition coefficient (Wildman–Crippen LogP) is 4.54. The number of benzene rings is 3. The van der Waals surface area contributed by atoms with Gasteiger partial charge in [-0.1, -0.05) is 44.2 Å². The van der Waals surface area contributed by atoms with Crippen molar-refractivity contribution in [2.45, 2.75) is 20.5 Å². The molecule has 0 saturated carbocycles. The lowest BCUT2D eigenvalue weighted by Crippen LogP contribution is -2.39. The van der Waals surface area contributed by atoms with Crippen LogP contribution in [-0.2, 0) is 16.2 Å². The highest BCUT2D eigenvalue weighted by atomic mass is 16.6. The van der Waals surface area contributed by atoms with Crippen molar-refractivity contribution in [3.8, 4) is 11.5 Å². The number of nitrogens with zero attached hydrogens (tertiary/aromatic N) is 2. The van der Waals surface area contributed by atoms with E-state index >= 15 is 0 Å². The van der Waals surface area contributed by atoms with E-state index < -0.39 is 22.7 Å². The number of nitro groups is 1. The lowest BCUT2D eigenvalue weighted by Gasteiger charge is -2.18. The number of carbonyl (C=O) groups excluding carboxylic acids is 2. The van der Waals surface area contributed by atoms with E-state index in [4.69, 9.17) is 9.47 Å². The van der Waals surface area contributed by atoms with Gasteiger partial charge in [0.15, 0.2) is 5.75 Å². The third-order valence-electron chi connectivity index (χ3n) is 5.39. The molecule has 10 heteroatoms. The number of nitro benzene ring substituents is 1. The number of amides is 2. The van der Waals surface area contributed by atoms with Crippen LogP contribution in [0, 0.1) is 22.0 Å². The fourth-order valence-corrected chi connectivity index (χ4v) is 3.47. The normalized spacial score (nSPS) is 11.7. The molecular weight excluding hydrogens is 476 g/mol. The van der Waals surface area contributed by atoms with Gasteiger partial charge in [0.05, 0.1) is 18.2 Å². The van der Waals surface area contributed by atoms with Crippen LogP contribution < -0.4 is 20.2 Å². The molecule has 1 atom stereocenters. The van der Waals surface area contributed by atoms with Crippen molar-refractivity contribution in [2.75, 3.05) is 12.4 Å². The molecule has 0 saturated heterocycles. The number of hydrogen-bond donors (Lipinski definition) is 2. The molecule has 3 aromatic rings. The quantitative estimate of drug-likeness (QED) is 0.170. The Morgan fingerprint density at radius 2 is 1.73 bits per heavy atom. The number of hydrogen-bond acceptors (Lipinski definition) is 7. The Bertz CT molecular complexity index is 1260. The number of anilines is 1. The third kappa shape index (κ3) is 7.63. The Labute approximate surface area is 214 Å². The standard InChI is InChI=1S/C27H28N4O6/c1-18(2)25(26(32)29-21-10-12-22(36-3)13-11-21)27(33)30-28-16-20-9-14-24(23(15-20)31(34)35)37-17-19-7-5-4-6-8-19/h4-16,18,25H,17H2,1-3H3,(H,29,32)(H,30,33). The predicted molar refractivity (Wildman–Crippen MR) is 140 cm³/mol. The first kappa shape index (κ1) is 26.9. The minimum atomic E-state index is -1.01. The van der Waals surface area contributed by atoms with Crippen LogP contribution >= 0.6 is 0 Å². The Kier molecular flexibility index (Phi) is 9.31. The Hall–Kier alpha value is -4.73. The summed E-state index contributed by atoms with van der Waals surface area (Å²) in [6.45, 7) is 3.68. The molecule has 0 aliphatic heterocycles. The molecule has 1 unspecified atom stereocenters. The molecule has 0 spiro atoms. The first-order chi connectivity index (χ1) is 17.8. The Morgan fingerprint density at radius 3 is 2.35 bits per heavy atom. The van der Waals surface area contributed by atoms with Gasteiger partial charge in [-0.2, -0.15) is 5.10 Å². The number of ether oxygens (including phenoxy) is 2. The fraction of sp³-hybridized carbons (Fsp3) is 0.222. The van der Waals surface area contributed by atoms with E-state index in [2.05, 4.69) is 15.8 Å². The van der Waals surface area contributed by atoms with E-state index in [9.17, 15) is 19.7 Å². The molecule has 3 rings (SSSR count). The molecule has 10 nitrogen and oxygen atoms in total. The minimum absolute atomic E-state index is 0.116. The maximum atomic E-state index is 12.8. The minimum Gasteiger partial charge on any atom is -0.497 e. The zero-order valence-electron chi connectivity index (χ0n) is 20.7. The SMILES string of the molecule is COc1ccc(NC(=O)C(C(=O)NN=Cc2ccc(OCc3ccccc3)c([N+](=O)[O-])c2)C(C)C)cc1. The molecule has 2 N–H and O–H groups in total. The molecule has 0 bridgehead atoms. The second-order valence-electron chi connectivity index (χ2n) is 8.43. The zero-order valence-corrected chi connectivity index (χ0v) is 20.7. The van der Waals surface area contributed by atoms with Crippen molar-refractivity contribution in [1.29, 1.82) is 0 Å². The molecule has 37 heavy (non-hydrogen) atoms. The summed E-state index contributed by atoms with van der Waals surface area (Å²) in [4.78, 5) is 36.5. The largest absolute Gasteiger partial charge is 0.497 e. The van der Waals surface area contributed by atoms with Gasteiger partial charge >= 0.3 is 5.69 Å². The van der Waals surface area contributed by atoms with Gasteiger partial charge in [-0.25, -0.2) is 5.43 Å². The summed E-state index contributed by atoms with van der Waals surface area (Å²) >= 11 is 0. The summed E-state index contributed by atoms with van der Waals surface area (Å²) in [5.41, 5.74) is 3.90. The van der Waals surface area contributed by atoms with Crippen LogP contribution in [0.5, 0.6) is 11.5 Å². The molecule has 0 heterocycles. The fourth-order valence-electron chi connectivity index (χ4n) is 3.47. The zero-order chi connectivity index (χ0) is 26.8. The van der Waals surface area contributed by atoms with Crippen LogP contribution in [0.3, 0.4) is 0 Å². The average molecular weight is 505 g/mol. The number of rotatable bonds is 11. The highest BCUT2D eigenvalue weighted by Gasteiger charge is 2.30. The van der Waals surface area contributed by atoms with E-state index in [1.165, 1.54) is 18.3 Å². The third-order valence-corrected chi connectivity index (χ3v) is 5.39. The van der Waals surface area contributed by atoms with Gasteiger partial charge in [-0.15, -0.1) is 0 Å². The van der Waals surface area contributed by atoms with Crippen LogP contribution in [0.4, 0.5) is 11.4 Å². The maximum Gasteiger partial charge on any atom is 0.311 e. The van der Waals surface area contributed by atoms with E-state index in [-0.39, 0.29) is 24.0 Å². The average Bonchev–Trinajstić information content (AvgIpc) is 2.88. The number of nitrogens with one attached hydrogen (secondary N) is 2. The number of methoxy groups -OCH3 is 1. The topological polar surface area (TPSA) is 132 Å². The lowest BCUT2D eigenvalue weighted by atomic mass is 9.94. The van der Waals surface area contributed by atoms with Gasteiger partial charge in [0.25, 0.3) is 5.91 Å². The molecule has 0 fully saturated rings. The molecular formula is C27H28N4O6. The van der Waals surface area contributed by atoms with Crippen LogP contribution in [0.1, 0.15) is 25.0 Å².